The van der Waals surface area contributed by atoms with Crippen LogP contribution in [0.25, 0.3) is 17.1 Å². The van der Waals surface area contributed by atoms with E-state index >= 15 is 0 Å². The number of amides is 1. The lowest BCUT2D eigenvalue weighted by molar-refractivity contribution is -0.115. The van der Waals surface area contributed by atoms with E-state index in [1.165, 1.54) is 0 Å². The molecule has 2 heterocycles. The van der Waals surface area contributed by atoms with Gasteiger partial charge in [0.05, 0.1) is 23.7 Å². The highest BCUT2D eigenvalue weighted by Gasteiger charge is 2.23. The zero-order valence-corrected chi connectivity index (χ0v) is 15.9. The van der Waals surface area contributed by atoms with Crippen LogP contribution in [-0.2, 0) is 9.53 Å². The van der Waals surface area contributed by atoms with Gasteiger partial charge in [-0.25, -0.2) is 4.99 Å². The number of rotatable bonds is 7. The Morgan fingerprint density at radius 1 is 1.19 bits per heavy atom. The average Bonchev–Trinajstić information content (AvgIpc) is 2.98. The number of carbonyl (C=O) groups excluding carboxylic acids is 1. The van der Waals surface area contributed by atoms with Crippen molar-refractivity contribution in [2.45, 2.75) is 33.2 Å². The van der Waals surface area contributed by atoms with E-state index in [-0.39, 0.29) is 11.9 Å². The highest BCUT2D eigenvalue weighted by molar-refractivity contribution is 6.15. The van der Waals surface area contributed by atoms with E-state index in [2.05, 4.69) is 39.4 Å². The summed E-state index contributed by atoms with van der Waals surface area (Å²) in [6.07, 6.45) is 5.98. The second-order valence-electron chi connectivity index (χ2n) is 6.86. The second-order valence-corrected chi connectivity index (χ2v) is 6.86. The lowest BCUT2D eigenvalue weighted by Gasteiger charge is -2.15. The van der Waals surface area contributed by atoms with E-state index in [1.807, 2.05) is 25.1 Å². The Kier molecular flexibility index (Phi) is 6.13. The molecule has 0 aliphatic carbocycles. The Labute approximate surface area is 159 Å². The van der Waals surface area contributed by atoms with Gasteiger partial charge >= 0.3 is 0 Å². The Morgan fingerprint density at radius 3 is 2.70 bits per heavy atom. The van der Waals surface area contributed by atoms with Gasteiger partial charge in [-0.2, -0.15) is 0 Å². The molecule has 27 heavy (non-hydrogen) atoms. The Bertz CT molecular complexity index is 876. The van der Waals surface area contributed by atoms with Crippen molar-refractivity contribution in [2.75, 3.05) is 13.2 Å². The number of guanidine groups is 1. The van der Waals surface area contributed by atoms with Gasteiger partial charge in [0.2, 0.25) is 5.96 Å². The van der Waals surface area contributed by atoms with Crippen LogP contribution in [0.3, 0.4) is 0 Å². The quantitative estimate of drug-likeness (QED) is 0.734. The van der Waals surface area contributed by atoms with Crippen molar-refractivity contribution >= 4 is 29.0 Å². The van der Waals surface area contributed by atoms with Crippen LogP contribution in [0.1, 0.15) is 32.8 Å². The molecule has 1 saturated heterocycles. The van der Waals surface area contributed by atoms with Gasteiger partial charge in [-0.3, -0.25) is 20.1 Å². The highest BCUT2D eigenvalue weighted by atomic mass is 16.5. The fraction of sp³-hybridized carbons (Fsp3) is 0.400. The van der Waals surface area contributed by atoms with Gasteiger partial charge in [-0.15, -0.1) is 0 Å². The molecule has 1 aromatic heterocycles. The number of nitrogens with zero attached hydrogens (tertiary/aromatic N) is 3. The first-order chi connectivity index (χ1) is 13.0. The van der Waals surface area contributed by atoms with Crippen LogP contribution in [0.4, 0.5) is 0 Å². The largest absolute Gasteiger partial charge is 0.380 e. The molecule has 1 atom stereocenters. The molecule has 0 radical (unpaired) electrons. The number of hydrogen-bond donors (Lipinski definition) is 2. The summed E-state index contributed by atoms with van der Waals surface area (Å²) < 4.78 is 5.52. The number of carbonyl (C=O) groups is 1. The zero-order chi connectivity index (χ0) is 19.2. The van der Waals surface area contributed by atoms with Crippen LogP contribution < -0.4 is 10.6 Å². The lowest BCUT2D eigenvalue weighted by atomic mass is 10.1. The predicted molar refractivity (Wildman–Crippen MR) is 106 cm³/mol. The van der Waals surface area contributed by atoms with Crippen molar-refractivity contribution in [1.29, 1.82) is 0 Å². The number of aliphatic imine (C=N–C) groups is 1. The van der Waals surface area contributed by atoms with E-state index in [0.29, 0.717) is 30.8 Å². The van der Waals surface area contributed by atoms with Crippen molar-refractivity contribution < 1.29 is 9.53 Å². The minimum absolute atomic E-state index is 0.00282. The van der Waals surface area contributed by atoms with Crippen LogP contribution in [0.5, 0.6) is 0 Å². The summed E-state index contributed by atoms with van der Waals surface area (Å²) in [5.41, 5.74) is 2.93. The van der Waals surface area contributed by atoms with Gasteiger partial charge in [0.15, 0.2) is 0 Å². The fourth-order valence-electron chi connectivity index (χ4n) is 2.93. The van der Waals surface area contributed by atoms with Gasteiger partial charge in [0.25, 0.3) is 5.91 Å². The van der Waals surface area contributed by atoms with E-state index in [9.17, 15) is 4.79 Å². The van der Waals surface area contributed by atoms with Gasteiger partial charge in [-0.1, -0.05) is 19.9 Å². The number of ether oxygens (including phenoxy) is 1. The molecule has 1 fully saturated rings. The molecule has 2 N–H and O–H groups in total. The first-order valence-corrected chi connectivity index (χ1v) is 9.21. The van der Waals surface area contributed by atoms with Crippen LogP contribution in [0, 0.1) is 5.92 Å². The summed E-state index contributed by atoms with van der Waals surface area (Å²) in [4.78, 5) is 25.5. The van der Waals surface area contributed by atoms with Crippen molar-refractivity contribution in [3.8, 4) is 0 Å². The highest BCUT2D eigenvalue weighted by Crippen LogP contribution is 2.15. The second kappa shape index (κ2) is 8.73. The normalized spacial score (nSPS) is 18.3. The molecule has 1 aromatic carbocycles. The van der Waals surface area contributed by atoms with Crippen molar-refractivity contribution in [1.82, 2.24) is 20.6 Å². The molecule has 1 amide bonds. The molecule has 7 nitrogen and oxygen atoms in total. The van der Waals surface area contributed by atoms with E-state index in [0.717, 1.165) is 23.0 Å². The molecular formula is C20H25N5O2. The van der Waals surface area contributed by atoms with Crippen molar-refractivity contribution in [3.05, 3.63) is 41.9 Å². The standard InChI is InChI=1S/C20H25N5O2/c1-4-27-12-15(9-13(2)3)23-20-24-18(19(26)25-20)11-14-5-6-16-17(10-14)22-8-7-21-16/h5-8,10-11,13,15H,4,9,12H2,1-3H3,(H2,23,24,25,26)/b18-11-/t15-/m1/s1. The molecular weight excluding hydrogens is 342 g/mol. The molecule has 2 aromatic rings. The van der Waals surface area contributed by atoms with E-state index in [1.54, 1.807) is 18.5 Å². The summed E-state index contributed by atoms with van der Waals surface area (Å²) in [6.45, 7) is 7.44. The average molecular weight is 367 g/mol. The third-order valence-corrected chi connectivity index (χ3v) is 4.10. The fourth-order valence-corrected chi connectivity index (χ4v) is 2.93. The maximum Gasteiger partial charge on any atom is 0.274 e. The Hall–Kier alpha value is -2.80. The van der Waals surface area contributed by atoms with E-state index < -0.39 is 0 Å². The Morgan fingerprint density at radius 2 is 1.96 bits per heavy atom. The van der Waals surface area contributed by atoms with Crippen molar-refractivity contribution in [3.63, 3.8) is 0 Å². The molecule has 3 rings (SSSR count). The number of fused-ring (bicyclic) bond motifs is 1. The van der Waals surface area contributed by atoms with Crippen LogP contribution in [-0.4, -0.2) is 41.1 Å². The summed E-state index contributed by atoms with van der Waals surface area (Å²) in [6, 6.07) is 5.70. The van der Waals surface area contributed by atoms with Crippen LogP contribution in [0.15, 0.2) is 41.3 Å². The first-order valence-electron chi connectivity index (χ1n) is 9.21. The Balaban J connectivity index is 1.77. The summed E-state index contributed by atoms with van der Waals surface area (Å²) in [5, 5.41) is 5.87. The van der Waals surface area contributed by atoms with Crippen LogP contribution in [0.2, 0.25) is 0 Å². The third kappa shape index (κ3) is 5.10. The topological polar surface area (TPSA) is 88.5 Å². The molecule has 0 spiro atoms. The molecule has 142 valence electrons. The maximum absolute atomic E-state index is 12.3. The number of benzene rings is 1. The van der Waals surface area contributed by atoms with Gasteiger partial charge < -0.3 is 10.1 Å². The lowest BCUT2D eigenvalue weighted by Crippen LogP contribution is -2.29. The third-order valence-electron chi connectivity index (χ3n) is 4.10. The zero-order valence-electron chi connectivity index (χ0n) is 15.9. The maximum atomic E-state index is 12.3. The van der Waals surface area contributed by atoms with E-state index in [4.69, 9.17) is 4.74 Å². The number of hydrogen-bond acceptors (Lipinski definition) is 5. The molecule has 0 bridgehead atoms. The smallest absolute Gasteiger partial charge is 0.274 e. The minimum atomic E-state index is -0.201. The van der Waals surface area contributed by atoms with Gasteiger partial charge in [-0.05, 0) is 43.0 Å². The minimum Gasteiger partial charge on any atom is -0.380 e. The summed E-state index contributed by atoms with van der Waals surface area (Å²) in [5.74, 6) is 0.760. The summed E-state index contributed by atoms with van der Waals surface area (Å²) >= 11 is 0. The van der Waals surface area contributed by atoms with Gasteiger partial charge in [0.1, 0.15) is 5.70 Å². The summed E-state index contributed by atoms with van der Waals surface area (Å²) in [7, 11) is 0. The molecule has 0 unspecified atom stereocenters. The molecule has 0 saturated carbocycles. The SMILES string of the molecule is CCOC[C@@H](CC(C)C)N=C1NC(=O)/C(=C/c2ccc3nccnc3c2)N1. The van der Waals surface area contributed by atoms with Gasteiger partial charge in [0, 0.05) is 19.0 Å². The van der Waals surface area contributed by atoms with Crippen LogP contribution >= 0.6 is 0 Å². The number of nitrogens with one attached hydrogen (secondary N) is 2. The molecule has 7 heteroatoms. The van der Waals surface area contributed by atoms with Crippen molar-refractivity contribution in [2.24, 2.45) is 10.9 Å². The monoisotopic (exact) mass is 367 g/mol. The predicted octanol–water partition coefficient (Wildman–Crippen LogP) is 2.50. The first kappa shape index (κ1) is 19.0. The number of aromatic nitrogens is 2. The molecule has 1 aliphatic rings. The molecule has 1 aliphatic heterocycles.